The Bertz CT molecular complexity index is 570. The van der Waals surface area contributed by atoms with E-state index in [2.05, 4.69) is 17.4 Å². The summed E-state index contributed by atoms with van der Waals surface area (Å²) in [5.74, 6) is 0. The molecule has 19 heavy (non-hydrogen) atoms. The number of hydrogen-bond acceptors (Lipinski definition) is 2. The van der Waals surface area contributed by atoms with Gasteiger partial charge in [-0.05, 0) is 30.2 Å². The minimum atomic E-state index is 0.320. The Hall–Kier alpha value is -1.58. The molecule has 0 atom stereocenters. The van der Waals surface area contributed by atoms with E-state index in [0.717, 1.165) is 18.7 Å². The van der Waals surface area contributed by atoms with Crippen LogP contribution in [0.25, 0.3) is 0 Å². The zero-order valence-corrected chi connectivity index (χ0v) is 12.0. The first-order valence-corrected chi connectivity index (χ1v) is 6.82. The predicted molar refractivity (Wildman–Crippen MR) is 86.0 cm³/mol. The van der Waals surface area contributed by atoms with Crippen molar-refractivity contribution in [1.82, 2.24) is 0 Å². The fraction of sp³-hybridized carbons (Fsp3) is 0.133. The molecule has 0 aromatic heterocycles. The summed E-state index contributed by atoms with van der Waals surface area (Å²) in [6.45, 7) is 0.854. The molecule has 0 fully saturated rings. The summed E-state index contributed by atoms with van der Waals surface area (Å²) in [5.41, 5.74) is 8.56. The summed E-state index contributed by atoms with van der Waals surface area (Å²) in [5, 5.41) is 3.91. The summed E-state index contributed by atoms with van der Waals surface area (Å²) in [4.78, 5) is 0.320. The molecule has 0 aliphatic heterocycles. The van der Waals surface area contributed by atoms with E-state index < -0.39 is 0 Å². The van der Waals surface area contributed by atoms with Crippen molar-refractivity contribution in [1.29, 1.82) is 0 Å². The highest BCUT2D eigenvalue weighted by Gasteiger charge is 2.03. The third kappa shape index (κ3) is 3.94. The van der Waals surface area contributed by atoms with Gasteiger partial charge >= 0.3 is 0 Å². The molecule has 4 heteroatoms. The summed E-state index contributed by atoms with van der Waals surface area (Å²) >= 11 is 11.0. The van der Waals surface area contributed by atoms with Crippen molar-refractivity contribution >= 4 is 34.5 Å². The lowest BCUT2D eigenvalue weighted by Gasteiger charge is -2.09. The molecule has 2 aromatic carbocycles. The van der Waals surface area contributed by atoms with Crippen LogP contribution in [0, 0.1) is 0 Å². The fourth-order valence-electron chi connectivity index (χ4n) is 1.82. The quantitative estimate of drug-likeness (QED) is 0.826. The van der Waals surface area contributed by atoms with E-state index in [1.54, 1.807) is 0 Å². The zero-order chi connectivity index (χ0) is 13.7. The first-order chi connectivity index (χ1) is 9.16. The molecule has 2 rings (SSSR count). The van der Waals surface area contributed by atoms with Gasteiger partial charge in [0.05, 0.1) is 5.02 Å². The van der Waals surface area contributed by atoms with Crippen molar-refractivity contribution in [2.45, 2.75) is 6.42 Å². The van der Waals surface area contributed by atoms with Crippen LogP contribution in [0.4, 0.5) is 5.69 Å². The second-order valence-electron chi connectivity index (χ2n) is 4.22. The van der Waals surface area contributed by atoms with Crippen LogP contribution in [0.5, 0.6) is 0 Å². The Morgan fingerprint density at radius 2 is 1.89 bits per heavy atom. The van der Waals surface area contributed by atoms with Gasteiger partial charge in [-0.2, -0.15) is 0 Å². The van der Waals surface area contributed by atoms with Crippen molar-refractivity contribution in [3.63, 3.8) is 0 Å². The van der Waals surface area contributed by atoms with E-state index in [-0.39, 0.29) is 0 Å². The van der Waals surface area contributed by atoms with Gasteiger partial charge in [0.1, 0.15) is 4.99 Å². The molecule has 0 heterocycles. The van der Waals surface area contributed by atoms with Gasteiger partial charge in [0.2, 0.25) is 0 Å². The van der Waals surface area contributed by atoms with Gasteiger partial charge in [0, 0.05) is 17.8 Å². The second-order valence-corrected chi connectivity index (χ2v) is 5.07. The van der Waals surface area contributed by atoms with E-state index in [4.69, 9.17) is 29.6 Å². The van der Waals surface area contributed by atoms with Crippen LogP contribution >= 0.6 is 23.8 Å². The number of nitrogens with one attached hydrogen (secondary N) is 1. The summed E-state index contributed by atoms with van der Waals surface area (Å²) in [6.07, 6.45) is 0.968. The number of anilines is 1. The van der Waals surface area contributed by atoms with Crippen molar-refractivity contribution in [2.24, 2.45) is 5.73 Å². The van der Waals surface area contributed by atoms with Crippen LogP contribution in [0.1, 0.15) is 11.1 Å². The molecule has 0 aliphatic rings. The summed E-state index contributed by atoms with van der Waals surface area (Å²) in [6, 6.07) is 16.0. The first kappa shape index (κ1) is 13.8. The summed E-state index contributed by atoms with van der Waals surface area (Å²) < 4.78 is 0. The van der Waals surface area contributed by atoms with Crippen LogP contribution < -0.4 is 11.1 Å². The maximum Gasteiger partial charge on any atom is 0.105 e. The van der Waals surface area contributed by atoms with Gasteiger partial charge in [-0.1, -0.05) is 54.2 Å². The molecule has 98 valence electrons. The lowest BCUT2D eigenvalue weighted by Crippen LogP contribution is -2.10. The maximum atomic E-state index is 6.11. The van der Waals surface area contributed by atoms with Crippen molar-refractivity contribution in [3.8, 4) is 0 Å². The van der Waals surface area contributed by atoms with E-state index in [0.29, 0.717) is 15.6 Å². The standard InChI is InChI=1S/C15H15ClN2S/c16-14-10-12(6-7-13(14)15(17)19)18-9-8-11-4-2-1-3-5-11/h1-7,10,18H,8-9H2,(H2,17,19). The fourth-order valence-corrected chi connectivity index (χ4v) is 2.34. The van der Waals surface area contributed by atoms with Crippen LogP contribution in [-0.2, 0) is 6.42 Å². The Labute approximate surface area is 123 Å². The highest BCUT2D eigenvalue weighted by Crippen LogP contribution is 2.20. The number of hydrogen-bond donors (Lipinski definition) is 2. The lowest BCUT2D eigenvalue weighted by atomic mass is 10.1. The van der Waals surface area contributed by atoms with E-state index in [1.807, 2.05) is 36.4 Å². The lowest BCUT2D eigenvalue weighted by molar-refractivity contribution is 1.02. The molecular weight excluding hydrogens is 276 g/mol. The first-order valence-electron chi connectivity index (χ1n) is 6.04. The number of nitrogens with two attached hydrogens (primary N) is 1. The second kappa shape index (κ2) is 6.55. The molecular formula is C15H15ClN2S. The monoisotopic (exact) mass is 290 g/mol. The van der Waals surface area contributed by atoms with Gasteiger partial charge in [0.15, 0.2) is 0 Å². The molecule has 0 spiro atoms. The topological polar surface area (TPSA) is 38.0 Å². The Balaban J connectivity index is 1.93. The minimum absolute atomic E-state index is 0.320. The largest absolute Gasteiger partial charge is 0.389 e. The zero-order valence-electron chi connectivity index (χ0n) is 10.4. The number of thiocarbonyl (C=S) groups is 1. The molecule has 0 aliphatic carbocycles. The number of benzene rings is 2. The SMILES string of the molecule is NC(=S)c1ccc(NCCc2ccccc2)cc1Cl. The number of rotatable bonds is 5. The molecule has 0 radical (unpaired) electrons. The van der Waals surface area contributed by atoms with E-state index in [1.165, 1.54) is 5.56 Å². The highest BCUT2D eigenvalue weighted by molar-refractivity contribution is 7.80. The molecule has 0 unspecified atom stereocenters. The normalized spacial score (nSPS) is 10.2. The molecule has 0 saturated heterocycles. The van der Waals surface area contributed by atoms with Crippen LogP contribution in [0.2, 0.25) is 5.02 Å². The highest BCUT2D eigenvalue weighted by atomic mass is 35.5. The minimum Gasteiger partial charge on any atom is -0.389 e. The van der Waals surface area contributed by atoms with Gasteiger partial charge in [-0.3, -0.25) is 0 Å². The van der Waals surface area contributed by atoms with Gasteiger partial charge < -0.3 is 11.1 Å². The van der Waals surface area contributed by atoms with Gasteiger partial charge in [0.25, 0.3) is 0 Å². The molecule has 2 nitrogen and oxygen atoms in total. The maximum absolute atomic E-state index is 6.11. The van der Waals surface area contributed by atoms with Crippen LogP contribution in [0.15, 0.2) is 48.5 Å². The van der Waals surface area contributed by atoms with Crippen molar-refractivity contribution < 1.29 is 0 Å². The predicted octanol–water partition coefficient (Wildman–Crippen LogP) is 3.63. The van der Waals surface area contributed by atoms with Crippen LogP contribution in [-0.4, -0.2) is 11.5 Å². The third-order valence-corrected chi connectivity index (χ3v) is 3.35. The van der Waals surface area contributed by atoms with Gasteiger partial charge in [-0.25, -0.2) is 0 Å². The summed E-state index contributed by atoms with van der Waals surface area (Å²) in [7, 11) is 0. The van der Waals surface area contributed by atoms with E-state index in [9.17, 15) is 0 Å². The van der Waals surface area contributed by atoms with Crippen LogP contribution in [0.3, 0.4) is 0 Å². The van der Waals surface area contributed by atoms with Crippen molar-refractivity contribution in [2.75, 3.05) is 11.9 Å². The average molecular weight is 291 g/mol. The van der Waals surface area contributed by atoms with Crippen molar-refractivity contribution in [3.05, 3.63) is 64.7 Å². The Morgan fingerprint density at radius 3 is 2.53 bits per heavy atom. The molecule has 0 bridgehead atoms. The Kier molecular flexibility index (Phi) is 4.77. The molecule has 3 N–H and O–H groups in total. The van der Waals surface area contributed by atoms with E-state index >= 15 is 0 Å². The molecule has 0 amide bonds. The number of halogens is 1. The average Bonchev–Trinajstić information content (AvgIpc) is 2.39. The molecule has 2 aromatic rings. The molecule has 0 saturated carbocycles. The van der Waals surface area contributed by atoms with Gasteiger partial charge in [-0.15, -0.1) is 0 Å². The Morgan fingerprint density at radius 1 is 1.16 bits per heavy atom. The smallest absolute Gasteiger partial charge is 0.105 e. The third-order valence-electron chi connectivity index (χ3n) is 2.82.